The van der Waals surface area contributed by atoms with Crippen LogP contribution in [-0.2, 0) is 13.0 Å². The van der Waals surface area contributed by atoms with Crippen LogP contribution in [0.15, 0.2) is 42.5 Å². The molecule has 15 heavy (non-hydrogen) atoms. The molecule has 1 aliphatic rings. The predicted octanol–water partition coefficient (Wildman–Crippen LogP) is 3.44. The average Bonchev–Trinajstić information content (AvgIpc) is 2.29. The second kappa shape index (κ2) is 3.31. The van der Waals surface area contributed by atoms with Crippen LogP contribution in [0.3, 0.4) is 0 Å². The maximum Gasteiger partial charge on any atom is 0.106 e. The van der Waals surface area contributed by atoms with Crippen molar-refractivity contribution < 1.29 is 0 Å². The lowest BCUT2D eigenvalue weighted by atomic mass is 9.98. The molecule has 0 bridgehead atoms. The highest BCUT2D eigenvalue weighted by molar-refractivity contribution is 7.71. The van der Waals surface area contributed by atoms with E-state index in [9.17, 15) is 0 Å². The van der Waals surface area contributed by atoms with Crippen molar-refractivity contribution in [2.75, 3.05) is 0 Å². The van der Waals surface area contributed by atoms with Crippen LogP contribution in [0.2, 0.25) is 0 Å². The van der Waals surface area contributed by atoms with Crippen molar-refractivity contribution in [3.8, 4) is 11.3 Å². The Labute approximate surface area is 94.0 Å². The van der Waals surface area contributed by atoms with E-state index in [4.69, 9.17) is 12.2 Å². The molecule has 0 amide bonds. The maximum atomic E-state index is 5.33. The van der Waals surface area contributed by atoms with Crippen molar-refractivity contribution in [1.82, 2.24) is 4.57 Å². The van der Waals surface area contributed by atoms with Gasteiger partial charge in [-0.25, -0.2) is 0 Å². The summed E-state index contributed by atoms with van der Waals surface area (Å²) in [6.45, 7) is 1.01. The zero-order chi connectivity index (χ0) is 10.3. The molecule has 3 rings (SSSR count). The van der Waals surface area contributed by atoms with E-state index in [-0.39, 0.29) is 0 Å². The maximum absolute atomic E-state index is 5.33. The number of hydrogen-bond donors (Lipinski definition) is 0. The van der Waals surface area contributed by atoms with E-state index in [1.54, 1.807) is 0 Å². The van der Waals surface area contributed by atoms with Crippen LogP contribution in [0.4, 0.5) is 0 Å². The van der Waals surface area contributed by atoms with Crippen molar-refractivity contribution in [3.63, 3.8) is 0 Å². The van der Waals surface area contributed by atoms with Crippen LogP contribution in [0, 0.1) is 4.64 Å². The fourth-order valence-electron chi connectivity index (χ4n) is 2.21. The van der Waals surface area contributed by atoms with Gasteiger partial charge in [0.15, 0.2) is 0 Å². The molecule has 0 spiro atoms. The van der Waals surface area contributed by atoms with Crippen molar-refractivity contribution >= 4 is 12.2 Å². The van der Waals surface area contributed by atoms with Gasteiger partial charge in [0, 0.05) is 17.8 Å². The summed E-state index contributed by atoms with van der Waals surface area (Å²) in [6.07, 6.45) is 1.08. The summed E-state index contributed by atoms with van der Waals surface area (Å²) < 4.78 is 3.15. The minimum absolute atomic E-state index is 0.932. The largest absolute Gasteiger partial charge is 0.332 e. The molecule has 0 fully saturated rings. The molecule has 2 heterocycles. The summed E-state index contributed by atoms with van der Waals surface area (Å²) in [4.78, 5) is 0. The number of pyridine rings is 1. The van der Waals surface area contributed by atoms with Gasteiger partial charge in [-0.3, -0.25) is 0 Å². The van der Waals surface area contributed by atoms with Gasteiger partial charge in [-0.15, -0.1) is 0 Å². The van der Waals surface area contributed by atoms with Gasteiger partial charge in [0.05, 0.1) is 0 Å². The summed E-state index contributed by atoms with van der Waals surface area (Å²) in [5, 5.41) is 0. The Morgan fingerprint density at radius 1 is 1.00 bits per heavy atom. The molecule has 2 aromatic rings. The minimum atomic E-state index is 0.932. The average molecular weight is 213 g/mol. The first-order valence-corrected chi connectivity index (χ1v) is 5.55. The Morgan fingerprint density at radius 2 is 1.87 bits per heavy atom. The third-order valence-corrected chi connectivity index (χ3v) is 3.30. The first kappa shape index (κ1) is 8.86. The van der Waals surface area contributed by atoms with E-state index in [0.717, 1.165) is 17.6 Å². The van der Waals surface area contributed by atoms with Gasteiger partial charge < -0.3 is 4.57 Å². The predicted molar refractivity (Wildman–Crippen MR) is 64.4 cm³/mol. The van der Waals surface area contributed by atoms with Gasteiger partial charge in [-0.1, -0.05) is 42.5 Å². The molecule has 0 unspecified atom stereocenters. The fraction of sp³-hybridized carbons (Fsp3) is 0.154. The highest BCUT2D eigenvalue weighted by Crippen LogP contribution is 2.28. The molecule has 2 heteroatoms. The summed E-state index contributed by atoms with van der Waals surface area (Å²) in [5.41, 5.74) is 4.01. The number of nitrogens with zero attached hydrogens (tertiary/aromatic N) is 1. The topological polar surface area (TPSA) is 4.93 Å². The Morgan fingerprint density at radius 3 is 2.80 bits per heavy atom. The van der Waals surface area contributed by atoms with Crippen LogP contribution in [0.1, 0.15) is 5.56 Å². The minimum Gasteiger partial charge on any atom is -0.332 e. The van der Waals surface area contributed by atoms with Gasteiger partial charge in [0.25, 0.3) is 0 Å². The lowest BCUT2D eigenvalue weighted by Gasteiger charge is -2.22. The zero-order valence-electron chi connectivity index (χ0n) is 8.31. The normalized spacial score (nSPS) is 13.1. The molecule has 0 saturated heterocycles. The molecule has 0 aliphatic carbocycles. The van der Waals surface area contributed by atoms with Crippen LogP contribution in [0.5, 0.6) is 0 Å². The van der Waals surface area contributed by atoms with Gasteiger partial charge in [-0.2, -0.15) is 0 Å². The number of fused-ring (bicyclic) bond motifs is 3. The van der Waals surface area contributed by atoms with Crippen LogP contribution >= 0.6 is 12.2 Å². The first-order chi connectivity index (χ1) is 7.36. The summed E-state index contributed by atoms with van der Waals surface area (Å²) >= 11 is 5.33. The van der Waals surface area contributed by atoms with Crippen molar-refractivity contribution in [1.29, 1.82) is 0 Å². The molecular weight excluding hydrogens is 202 g/mol. The molecule has 0 atom stereocenters. The van der Waals surface area contributed by atoms with Gasteiger partial charge in [0.1, 0.15) is 4.64 Å². The Bertz CT molecular complexity index is 569. The highest BCUT2D eigenvalue weighted by Gasteiger charge is 2.13. The quantitative estimate of drug-likeness (QED) is 0.607. The number of rotatable bonds is 0. The highest BCUT2D eigenvalue weighted by atomic mass is 32.1. The standard InChI is InChI=1S/C13H11NS/c15-13-7-3-6-12-11-5-2-1-4-10(11)8-9-14(12)13/h1-7H,8-9H2. The molecule has 0 radical (unpaired) electrons. The summed E-state index contributed by atoms with van der Waals surface area (Å²) in [6, 6.07) is 14.7. The third kappa shape index (κ3) is 1.33. The Balaban J connectivity index is 2.35. The van der Waals surface area contributed by atoms with Crippen LogP contribution in [0.25, 0.3) is 11.3 Å². The van der Waals surface area contributed by atoms with Crippen LogP contribution < -0.4 is 0 Å². The van der Waals surface area contributed by atoms with Crippen LogP contribution in [-0.4, -0.2) is 4.57 Å². The van der Waals surface area contributed by atoms with Crippen molar-refractivity contribution in [2.45, 2.75) is 13.0 Å². The van der Waals surface area contributed by atoms with Crippen molar-refractivity contribution in [3.05, 3.63) is 52.7 Å². The third-order valence-electron chi connectivity index (χ3n) is 2.95. The fourth-order valence-corrected chi connectivity index (χ4v) is 2.47. The van der Waals surface area contributed by atoms with E-state index in [1.165, 1.54) is 16.8 Å². The molecule has 0 saturated carbocycles. The monoisotopic (exact) mass is 213 g/mol. The second-order valence-electron chi connectivity index (χ2n) is 3.81. The zero-order valence-corrected chi connectivity index (χ0v) is 9.13. The van der Waals surface area contributed by atoms with E-state index >= 15 is 0 Å². The Kier molecular flexibility index (Phi) is 1.96. The van der Waals surface area contributed by atoms with Gasteiger partial charge >= 0.3 is 0 Å². The smallest absolute Gasteiger partial charge is 0.106 e. The lowest BCUT2D eigenvalue weighted by molar-refractivity contribution is 0.672. The Hall–Kier alpha value is -1.41. The number of hydrogen-bond acceptors (Lipinski definition) is 1. The molecule has 1 nitrogen and oxygen atoms in total. The van der Waals surface area contributed by atoms with Crippen molar-refractivity contribution in [2.24, 2.45) is 0 Å². The van der Waals surface area contributed by atoms with E-state index in [2.05, 4.69) is 34.9 Å². The van der Waals surface area contributed by atoms with E-state index in [0.29, 0.717) is 0 Å². The lowest BCUT2D eigenvalue weighted by Crippen LogP contribution is -2.12. The second-order valence-corrected chi connectivity index (χ2v) is 4.23. The van der Waals surface area contributed by atoms with E-state index in [1.807, 2.05) is 12.1 Å². The molecule has 0 N–H and O–H groups in total. The molecule has 1 aromatic heterocycles. The molecule has 74 valence electrons. The van der Waals surface area contributed by atoms with Gasteiger partial charge in [0.2, 0.25) is 0 Å². The molecular formula is C13H11NS. The van der Waals surface area contributed by atoms with Gasteiger partial charge in [-0.05, 0) is 24.1 Å². The van der Waals surface area contributed by atoms with E-state index < -0.39 is 0 Å². The number of aryl methyl sites for hydroxylation is 1. The SMILES string of the molecule is S=c1cccc2n1CCc1ccccc1-2. The number of benzene rings is 1. The first-order valence-electron chi connectivity index (χ1n) is 5.14. The number of aromatic nitrogens is 1. The summed E-state index contributed by atoms with van der Waals surface area (Å²) in [7, 11) is 0. The summed E-state index contributed by atoms with van der Waals surface area (Å²) in [5.74, 6) is 0. The molecule has 1 aliphatic heterocycles. The molecule has 1 aromatic carbocycles.